The van der Waals surface area contributed by atoms with Crippen molar-refractivity contribution in [2.45, 2.75) is 6.04 Å². The average molecular weight is 367 g/mol. The van der Waals surface area contributed by atoms with Gasteiger partial charge in [-0.1, -0.05) is 0 Å². The molecule has 4 heterocycles. The first-order valence-corrected chi connectivity index (χ1v) is 8.49. The molecule has 1 atom stereocenters. The standard InChI is InChI=1S/C18H17N5O4/c1-21-6-9(4-20-21)14-13(25)3-11-15-16-12(5-19-11)22(2)18(26)23(16)10(7-24)8-27-17(14)15/h3-6,10,24-25H,7-8H2,1-2H3. The van der Waals surface area contributed by atoms with Gasteiger partial charge in [0.2, 0.25) is 0 Å². The van der Waals surface area contributed by atoms with Crippen LogP contribution in [0.4, 0.5) is 0 Å². The molecule has 138 valence electrons. The summed E-state index contributed by atoms with van der Waals surface area (Å²) < 4.78 is 10.7. The molecule has 1 aliphatic heterocycles. The van der Waals surface area contributed by atoms with Crippen molar-refractivity contribution in [3.8, 4) is 22.6 Å². The number of ether oxygens (including phenoxy) is 1. The lowest BCUT2D eigenvalue weighted by molar-refractivity contribution is 0.170. The maximum absolute atomic E-state index is 12.8. The number of aromatic nitrogens is 5. The minimum Gasteiger partial charge on any atom is -0.507 e. The van der Waals surface area contributed by atoms with Crippen LogP contribution in [0.5, 0.6) is 11.5 Å². The van der Waals surface area contributed by atoms with Gasteiger partial charge in [-0.25, -0.2) is 4.79 Å². The Labute approximate surface area is 152 Å². The lowest BCUT2D eigenvalue weighted by Gasteiger charge is -2.15. The van der Waals surface area contributed by atoms with E-state index in [4.69, 9.17) is 4.74 Å². The van der Waals surface area contributed by atoms with Gasteiger partial charge in [0.05, 0.1) is 52.5 Å². The molecule has 4 aromatic rings. The van der Waals surface area contributed by atoms with Crippen LogP contribution in [0.2, 0.25) is 0 Å². The van der Waals surface area contributed by atoms with Crippen LogP contribution >= 0.6 is 0 Å². The first-order valence-electron chi connectivity index (χ1n) is 8.49. The molecule has 0 radical (unpaired) electrons. The van der Waals surface area contributed by atoms with E-state index < -0.39 is 6.04 Å². The molecule has 1 aromatic carbocycles. The molecule has 1 aliphatic rings. The van der Waals surface area contributed by atoms with Gasteiger partial charge in [0.25, 0.3) is 0 Å². The second-order valence-corrected chi connectivity index (χ2v) is 6.75. The van der Waals surface area contributed by atoms with Crippen LogP contribution in [-0.4, -0.2) is 47.3 Å². The van der Waals surface area contributed by atoms with Crippen LogP contribution in [0.1, 0.15) is 6.04 Å². The number of pyridine rings is 1. The van der Waals surface area contributed by atoms with Gasteiger partial charge in [-0.3, -0.25) is 18.8 Å². The maximum Gasteiger partial charge on any atom is 0.329 e. The molecule has 2 N–H and O–H groups in total. The molecule has 5 rings (SSSR count). The molecule has 9 heteroatoms. The van der Waals surface area contributed by atoms with Crippen molar-refractivity contribution in [2.75, 3.05) is 13.2 Å². The second kappa shape index (κ2) is 5.34. The van der Waals surface area contributed by atoms with Gasteiger partial charge < -0.3 is 14.9 Å². The van der Waals surface area contributed by atoms with Crippen molar-refractivity contribution in [1.82, 2.24) is 23.9 Å². The van der Waals surface area contributed by atoms with Crippen LogP contribution in [-0.2, 0) is 14.1 Å². The zero-order valence-electron chi connectivity index (χ0n) is 14.7. The number of phenols is 1. The first-order chi connectivity index (χ1) is 13.0. The van der Waals surface area contributed by atoms with Crippen molar-refractivity contribution in [3.05, 3.63) is 35.1 Å². The summed E-state index contributed by atoms with van der Waals surface area (Å²) >= 11 is 0. The van der Waals surface area contributed by atoms with Crippen LogP contribution in [0.3, 0.4) is 0 Å². The van der Waals surface area contributed by atoms with E-state index in [0.717, 1.165) is 0 Å². The molecular weight excluding hydrogens is 350 g/mol. The summed E-state index contributed by atoms with van der Waals surface area (Å²) in [6, 6.07) is 1.02. The maximum atomic E-state index is 12.8. The highest BCUT2D eigenvalue weighted by Gasteiger charge is 2.29. The Morgan fingerprint density at radius 3 is 2.85 bits per heavy atom. The lowest BCUT2D eigenvalue weighted by atomic mass is 10.0. The minimum absolute atomic E-state index is 0.0182. The summed E-state index contributed by atoms with van der Waals surface area (Å²) in [5.41, 5.74) is 2.73. The number of rotatable bonds is 2. The van der Waals surface area contributed by atoms with Crippen molar-refractivity contribution in [3.63, 3.8) is 0 Å². The summed E-state index contributed by atoms with van der Waals surface area (Å²) in [5.74, 6) is 0.455. The fourth-order valence-corrected chi connectivity index (χ4v) is 3.83. The van der Waals surface area contributed by atoms with E-state index in [9.17, 15) is 15.0 Å². The van der Waals surface area contributed by atoms with Gasteiger partial charge in [-0.15, -0.1) is 0 Å². The highest BCUT2D eigenvalue weighted by atomic mass is 16.5. The van der Waals surface area contributed by atoms with Gasteiger partial charge in [0, 0.05) is 31.9 Å². The van der Waals surface area contributed by atoms with E-state index in [0.29, 0.717) is 38.8 Å². The van der Waals surface area contributed by atoms with Crippen molar-refractivity contribution >= 4 is 21.9 Å². The third kappa shape index (κ3) is 2.00. The van der Waals surface area contributed by atoms with Gasteiger partial charge >= 0.3 is 5.69 Å². The number of phenolic OH excluding ortho intramolecular Hbond substituents is 1. The summed E-state index contributed by atoms with van der Waals surface area (Å²) in [6.45, 7) is -0.152. The molecule has 27 heavy (non-hydrogen) atoms. The normalized spacial score (nSPS) is 16.2. The first kappa shape index (κ1) is 15.9. The Hall–Kier alpha value is -3.33. The molecule has 0 aliphatic carbocycles. The predicted molar refractivity (Wildman–Crippen MR) is 98.0 cm³/mol. The van der Waals surface area contributed by atoms with Gasteiger partial charge in [-0.2, -0.15) is 5.10 Å². The number of nitrogens with zero attached hydrogens (tertiary/aromatic N) is 5. The lowest BCUT2D eigenvalue weighted by Crippen LogP contribution is -2.30. The number of aromatic hydroxyl groups is 1. The fraction of sp³-hybridized carbons (Fsp3) is 0.278. The van der Waals surface area contributed by atoms with Crippen LogP contribution < -0.4 is 10.4 Å². The molecular formula is C18H17N5O4. The Balaban J connectivity index is 2.01. The van der Waals surface area contributed by atoms with Crippen LogP contribution in [0, 0.1) is 0 Å². The second-order valence-electron chi connectivity index (χ2n) is 6.75. The van der Waals surface area contributed by atoms with E-state index in [1.165, 1.54) is 4.57 Å². The fourth-order valence-electron chi connectivity index (χ4n) is 3.83. The molecule has 1 unspecified atom stereocenters. The molecule has 0 bridgehead atoms. The molecule has 3 aromatic heterocycles. The Bertz CT molecular complexity index is 1280. The number of aliphatic hydroxyl groups is 1. The van der Waals surface area contributed by atoms with Gasteiger partial charge in [0.1, 0.15) is 18.1 Å². The topological polar surface area (TPSA) is 107 Å². The van der Waals surface area contributed by atoms with E-state index in [-0.39, 0.29) is 24.7 Å². The number of aryl methyl sites for hydroxylation is 2. The van der Waals surface area contributed by atoms with Gasteiger partial charge in [-0.05, 0) is 0 Å². The summed E-state index contributed by atoms with van der Waals surface area (Å²) in [5, 5.41) is 25.3. The Morgan fingerprint density at radius 1 is 1.33 bits per heavy atom. The van der Waals surface area contributed by atoms with Crippen molar-refractivity contribution in [1.29, 1.82) is 0 Å². The highest BCUT2D eigenvalue weighted by Crippen LogP contribution is 2.46. The highest BCUT2D eigenvalue weighted by molar-refractivity contribution is 6.10. The minimum atomic E-state index is -0.539. The number of aliphatic hydroxyl groups excluding tert-OH is 1. The monoisotopic (exact) mass is 367 g/mol. The number of benzene rings is 1. The largest absolute Gasteiger partial charge is 0.507 e. The molecule has 0 amide bonds. The summed E-state index contributed by atoms with van der Waals surface area (Å²) in [7, 11) is 3.46. The Morgan fingerprint density at radius 2 is 2.15 bits per heavy atom. The summed E-state index contributed by atoms with van der Waals surface area (Å²) in [6.07, 6.45) is 5.02. The quantitative estimate of drug-likeness (QED) is 0.546. The number of hydrogen-bond acceptors (Lipinski definition) is 6. The van der Waals surface area contributed by atoms with Crippen LogP contribution in [0.15, 0.2) is 29.5 Å². The summed E-state index contributed by atoms with van der Waals surface area (Å²) in [4.78, 5) is 17.2. The van der Waals surface area contributed by atoms with Crippen molar-refractivity contribution in [2.24, 2.45) is 14.1 Å². The third-order valence-corrected chi connectivity index (χ3v) is 5.13. The van der Waals surface area contributed by atoms with E-state index in [1.807, 2.05) is 0 Å². The molecule has 0 fully saturated rings. The van der Waals surface area contributed by atoms with E-state index in [2.05, 4.69) is 10.1 Å². The third-order valence-electron chi connectivity index (χ3n) is 5.13. The predicted octanol–water partition coefficient (Wildman–Crippen LogP) is 0.920. The van der Waals surface area contributed by atoms with Crippen LogP contribution in [0.25, 0.3) is 33.1 Å². The zero-order chi connectivity index (χ0) is 18.9. The van der Waals surface area contributed by atoms with E-state index in [1.54, 1.807) is 48.0 Å². The molecule has 0 saturated heterocycles. The van der Waals surface area contributed by atoms with Gasteiger partial charge in [0.15, 0.2) is 0 Å². The smallest absolute Gasteiger partial charge is 0.329 e. The molecule has 0 spiro atoms. The number of imidazole rings is 1. The van der Waals surface area contributed by atoms with Crippen molar-refractivity contribution < 1.29 is 14.9 Å². The Kier molecular flexibility index (Phi) is 3.14. The molecule has 9 nitrogen and oxygen atoms in total. The van der Waals surface area contributed by atoms with E-state index >= 15 is 0 Å². The molecule has 0 saturated carbocycles. The average Bonchev–Trinajstić information content (AvgIpc) is 3.11. The zero-order valence-corrected chi connectivity index (χ0v) is 14.7. The number of hydrogen-bond donors (Lipinski definition) is 2. The SMILES string of the molecule is Cn1cc(-c2c(O)cc3ncc4c5c3c2OCC(CO)n5c(=O)n4C)cn1.